The van der Waals surface area contributed by atoms with Gasteiger partial charge in [-0.05, 0) is 104 Å². The van der Waals surface area contributed by atoms with Gasteiger partial charge in [-0.1, -0.05) is 164 Å². The van der Waals surface area contributed by atoms with Crippen LogP contribution >= 0.6 is 0 Å². The molecule has 5 heteroatoms. The van der Waals surface area contributed by atoms with Gasteiger partial charge in [0.05, 0.1) is 22.1 Å². The summed E-state index contributed by atoms with van der Waals surface area (Å²) < 4.78 is 4.84. The number of benzene rings is 11. The van der Waals surface area contributed by atoms with Crippen molar-refractivity contribution >= 4 is 86.7 Å². The van der Waals surface area contributed by atoms with E-state index in [1.54, 1.807) is 0 Å². The summed E-state index contributed by atoms with van der Waals surface area (Å²) in [5, 5.41) is 14.2. The first-order valence-electron chi connectivity index (χ1n) is 22.4. The number of rotatable bonds is 5. The highest BCUT2D eigenvalue weighted by Gasteiger charge is 2.20. The average molecular weight is 840 g/mol. The summed E-state index contributed by atoms with van der Waals surface area (Å²) in [5.74, 6) is 1.92. The van der Waals surface area contributed by atoms with Crippen molar-refractivity contribution in [2.45, 2.75) is 0 Å². The molecule has 5 nitrogen and oxygen atoms in total. The number of nitrogens with zero attached hydrogens (tertiary/aromatic N) is 5. The summed E-state index contributed by atoms with van der Waals surface area (Å²) in [6, 6.07) is 80.6. The summed E-state index contributed by atoms with van der Waals surface area (Å²) in [7, 11) is 0. The fourth-order valence-electron chi connectivity index (χ4n) is 10.5. The zero-order valence-electron chi connectivity index (χ0n) is 35.6. The SMILES string of the molecule is c1ccc(-c2nc(-c3cccc4cc(-n5c6ccc(-n7c8ccccc8c8ccccc87)cc6c6cc7ccccc7cc65)ccc34)nc(-c3cc4ccccc4c4ccccc34)n2)cc1. The number of aromatic nitrogens is 5. The molecule has 0 amide bonds. The van der Waals surface area contributed by atoms with Crippen LogP contribution in [0.25, 0.3) is 132 Å². The molecule has 14 aromatic rings. The summed E-state index contributed by atoms with van der Waals surface area (Å²) in [6.45, 7) is 0. The van der Waals surface area contributed by atoms with E-state index in [4.69, 9.17) is 15.0 Å². The number of hydrogen-bond acceptors (Lipinski definition) is 3. The van der Waals surface area contributed by atoms with Crippen LogP contribution in [0.5, 0.6) is 0 Å². The molecule has 14 rings (SSSR count). The van der Waals surface area contributed by atoms with Crippen molar-refractivity contribution < 1.29 is 0 Å². The van der Waals surface area contributed by atoms with Crippen LogP contribution in [0.3, 0.4) is 0 Å². The number of para-hydroxylation sites is 2. The molecule has 0 atom stereocenters. The van der Waals surface area contributed by atoms with Gasteiger partial charge in [-0.15, -0.1) is 0 Å². The normalized spacial score (nSPS) is 11.9. The fraction of sp³-hybridized carbons (Fsp3) is 0. The standard InChI is InChI=1S/C61H37N5/c1-2-15-38(16-3-1)59-62-60(64-61(63-59)54-35-42-19-6-7-21-45(42)47-22-8-9-23-48(47)54)51-26-14-20-41-33-43(29-31-46(41)51)66-57-32-30-44(37-53(57)52-34-39-17-4-5-18-40(39)36-58(52)66)65-55-27-12-10-24-49(55)50-25-11-13-28-56(50)65/h1-37H. The van der Waals surface area contributed by atoms with Crippen LogP contribution in [0.4, 0.5) is 0 Å². The van der Waals surface area contributed by atoms with E-state index in [-0.39, 0.29) is 0 Å². The van der Waals surface area contributed by atoms with E-state index in [1.807, 2.05) is 18.2 Å². The minimum Gasteiger partial charge on any atom is -0.309 e. The van der Waals surface area contributed by atoms with E-state index < -0.39 is 0 Å². The summed E-state index contributed by atoms with van der Waals surface area (Å²) in [4.78, 5) is 15.7. The summed E-state index contributed by atoms with van der Waals surface area (Å²) in [6.07, 6.45) is 0. The predicted molar refractivity (Wildman–Crippen MR) is 275 cm³/mol. The van der Waals surface area contributed by atoms with Crippen molar-refractivity contribution in [1.82, 2.24) is 24.1 Å². The Morgan fingerprint density at radius 1 is 0.242 bits per heavy atom. The van der Waals surface area contributed by atoms with Gasteiger partial charge in [0.15, 0.2) is 17.5 Å². The van der Waals surface area contributed by atoms with Crippen molar-refractivity contribution in [2.75, 3.05) is 0 Å². The highest BCUT2D eigenvalue weighted by Crippen LogP contribution is 2.41. The van der Waals surface area contributed by atoms with Gasteiger partial charge in [-0.2, -0.15) is 0 Å². The molecule has 0 aliphatic rings. The first-order chi connectivity index (χ1) is 32.7. The number of hydrogen-bond donors (Lipinski definition) is 0. The van der Waals surface area contributed by atoms with Crippen molar-refractivity contribution in [2.24, 2.45) is 0 Å². The van der Waals surface area contributed by atoms with Crippen LogP contribution in [0, 0.1) is 0 Å². The molecule has 0 bridgehead atoms. The summed E-state index contributed by atoms with van der Waals surface area (Å²) >= 11 is 0. The topological polar surface area (TPSA) is 48.5 Å². The van der Waals surface area contributed by atoms with Crippen LogP contribution in [0.1, 0.15) is 0 Å². The Morgan fingerprint density at radius 2 is 0.758 bits per heavy atom. The van der Waals surface area contributed by atoms with E-state index in [0.717, 1.165) is 60.6 Å². The lowest BCUT2D eigenvalue weighted by molar-refractivity contribution is 1.08. The van der Waals surface area contributed by atoms with Gasteiger partial charge in [0.2, 0.25) is 0 Å². The monoisotopic (exact) mass is 839 g/mol. The molecule has 11 aromatic carbocycles. The maximum Gasteiger partial charge on any atom is 0.164 e. The van der Waals surface area contributed by atoms with Gasteiger partial charge in [-0.3, -0.25) is 0 Å². The Balaban J connectivity index is 0.969. The van der Waals surface area contributed by atoms with Crippen LogP contribution in [0.15, 0.2) is 224 Å². The third kappa shape index (κ3) is 5.57. The Bertz CT molecular complexity index is 4240. The van der Waals surface area contributed by atoms with E-state index in [0.29, 0.717) is 17.5 Å². The van der Waals surface area contributed by atoms with Crippen molar-refractivity contribution in [1.29, 1.82) is 0 Å². The molecule has 0 unspecified atom stereocenters. The molecule has 0 fully saturated rings. The van der Waals surface area contributed by atoms with Crippen molar-refractivity contribution in [3.05, 3.63) is 224 Å². The Morgan fingerprint density at radius 3 is 1.53 bits per heavy atom. The van der Waals surface area contributed by atoms with Crippen LogP contribution in [0.2, 0.25) is 0 Å². The highest BCUT2D eigenvalue weighted by molar-refractivity contribution is 6.16. The maximum atomic E-state index is 5.33. The zero-order valence-corrected chi connectivity index (χ0v) is 35.6. The van der Waals surface area contributed by atoms with Crippen LogP contribution < -0.4 is 0 Å². The molecule has 0 radical (unpaired) electrons. The largest absolute Gasteiger partial charge is 0.309 e. The van der Waals surface area contributed by atoms with E-state index in [1.165, 1.54) is 54.1 Å². The molecule has 0 spiro atoms. The molecule has 306 valence electrons. The third-order valence-electron chi connectivity index (χ3n) is 13.5. The smallest absolute Gasteiger partial charge is 0.164 e. The lowest BCUT2D eigenvalue weighted by atomic mass is 9.96. The highest BCUT2D eigenvalue weighted by atomic mass is 15.0. The molecular weight excluding hydrogens is 803 g/mol. The van der Waals surface area contributed by atoms with Crippen LogP contribution in [-0.4, -0.2) is 24.1 Å². The fourth-order valence-corrected chi connectivity index (χ4v) is 10.5. The number of fused-ring (bicyclic) bond motifs is 11. The lowest BCUT2D eigenvalue weighted by Crippen LogP contribution is -2.01. The zero-order chi connectivity index (χ0) is 43.3. The quantitative estimate of drug-likeness (QED) is 0.162. The van der Waals surface area contributed by atoms with Gasteiger partial charge < -0.3 is 9.13 Å². The van der Waals surface area contributed by atoms with Crippen LogP contribution in [-0.2, 0) is 0 Å². The second kappa shape index (κ2) is 14.3. The first kappa shape index (κ1) is 36.5. The molecule has 0 saturated heterocycles. The second-order valence-corrected chi connectivity index (χ2v) is 17.2. The molecule has 0 N–H and O–H groups in total. The van der Waals surface area contributed by atoms with Gasteiger partial charge in [-0.25, -0.2) is 15.0 Å². The molecule has 0 aliphatic carbocycles. The third-order valence-corrected chi connectivity index (χ3v) is 13.5. The van der Waals surface area contributed by atoms with E-state index in [9.17, 15) is 0 Å². The Hall–Kier alpha value is -8.93. The lowest BCUT2D eigenvalue weighted by Gasteiger charge is -2.14. The minimum absolute atomic E-state index is 0.635. The molecular formula is C61H37N5. The maximum absolute atomic E-state index is 5.33. The Labute approximate surface area is 379 Å². The molecule has 66 heavy (non-hydrogen) atoms. The van der Waals surface area contributed by atoms with Gasteiger partial charge in [0.1, 0.15) is 0 Å². The van der Waals surface area contributed by atoms with E-state index >= 15 is 0 Å². The van der Waals surface area contributed by atoms with Crippen molar-refractivity contribution in [3.8, 4) is 45.5 Å². The second-order valence-electron chi connectivity index (χ2n) is 17.2. The minimum atomic E-state index is 0.635. The molecule has 3 heterocycles. The van der Waals surface area contributed by atoms with Gasteiger partial charge >= 0.3 is 0 Å². The van der Waals surface area contributed by atoms with Gasteiger partial charge in [0.25, 0.3) is 0 Å². The molecule has 0 aliphatic heterocycles. The first-order valence-corrected chi connectivity index (χ1v) is 22.4. The van der Waals surface area contributed by atoms with Gasteiger partial charge in [0, 0.05) is 49.6 Å². The molecule has 3 aromatic heterocycles. The summed E-state index contributed by atoms with van der Waals surface area (Å²) in [5.41, 5.74) is 9.81. The van der Waals surface area contributed by atoms with Crippen molar-refractivity contribution in [3.63, 3.8) is 0 Å². The molecule has 0 saturated carbocycles. The Kier molecular flexibility index (Phi) is 7.91. The average Bonchev–Trinajstić information content (AvgIpc) is 3.89. The predicted octanol–water partition coefficient (Wildman–Crippen LogP) is 15.7. The van der Waals surface area contributed by atoms with E-state index in [2.05, 4.69) is 215 Å².